The molecule has 146 valence electrons. The quantitative estimate of drug-likeness (QED) is 0.629. The lowest BCUT2D eigenvalue weighted by molar-refractivity contribution is -0.686. The van der Waals surface area contributed by atoms with Crippen LogP contribution in [-0.2, 0) is 19.4 Å². The van der Waals surface area contributed by atoms with Gasteiger partial charge in [-0.05, 0) is 36.2 Å². The molecule has 0 N–H and O–H groups in total. The van der Waals surface area contributed by atoms with E-state index in [4.69, 9.17) is 18.9 Å². The number of nitrogens with zero attached hydrogens (tertiary/aromatic N) is 1. The lowest BCUT2D eigenvalue weighted by atomic mass is 9.90. The van der Waals surface area contributed by atoms with Gasteiger partial charge in [-0.15, -0.1) is 0 Å². The smallest absolute Gasteiger partial charge is 0.216 e. The molecule has 0 amide bonds. The molecular weight excluding hydrogens is 354 g/mol. The largest absolute Gasteiger partial charge is 0.493 e. The van der Waals surface area contributed by atoms with Gasteiger partial charge < -0.3 is 18.9 Å². The third kappa shape index (κ3) is 2.65. The Morgan fingerprint density at radius 3 is 2.21 bits per heavy atom. The Morgan fingerprint density at radius 1 is 0.857 bits per heavy atom. The summed E-state index contributed by atoms with van der Waals surface area (Å²) in [5, 5.41) is 2.26. The number of benzene rings is 2. The zero-order valence-corrected chi connectivity index (χ0v) is 17.1. The number of hydrogen-bond acceptors (Lipinski definition) is 4. The number of rotatable bonds is 5. The summed E-state index contributed by atoms with van der Waals surface area (Å²) < 4.78 is 24.6. The lowest BCUT2D eigenvalue weighted by Crippen LogP contribution is -2.41. The Kier molecular flexibility index (Phi) is 4.75. The van der Waals surface area contributed by atoms with Crippen molar-refractivity contribution in [2.75, 3.05) is 28.4 Å². The van der Waals surface area contributed by atoms with Gasteiger partial charge in [0.1, 0.15) is 0 Å². The topological polar surface area (TPSA) is 40.8 Å². The van der Waals surface area contributed by atoms with Gasteiger partial charge in [-0.25, -0.2) is 0 Å². The summed E-state index contributed by atoms with van der Waals surface area (Å²) in [5.41, 5.74) is 5.03. The maximum atomic E-state index is 5.70. The summed E-state index contributed by atoms with van der Waals surface area (Å²) in [6.45, 7) is 3.10. The van der Waals surface area contributed by atoms with E-state index < -0.39 is 0 Å². The van der Waals surface area contributed by atoms with E-state index in [2.05, 4.69) is 35.9 Å². The number of aryl methyl sites for hydroxylation is 3. The first kappa shape index (κ1) is 18.4. The molecule has 5 heteroatoms. The maximum Gasteiger partial charge on any atom is 0.216 e. The van der Waals surface area contributed by atoms with Crippen molar-refractivity contribution in [1.29, 1.82) is 0 Å². The fourth-order valence-electron chi connectivity index (χ4n) is 4.30. The van der Waals surface area contributed by atoms with E-state index in [1.54, 1.807) is 28.4 Å². The van der Waals surface area contributed by atoms with Crippen molar-refractivity contribution in [3.63, 3.8) is 0 Å². The van der Waals surface area contributed by atoms with Gasteiger partial charge in [0.05, 0.1) is 39.4 Å². The fourth-order valence-corrected chi connectivity index (χ4v) is 4.30. The predicted molar refractivity (Wildman–Crippen MR) is 109 cm³/mol. The molecule has 0 bridgehead atoms. The van der Waals surface area contributed by atoms with Crippen molar-refractivity contribution < 1.29 is 23.5 Å². The standard InChI is InChI=1S/C23H26NO4/c1-6-15-16-7-8-19(25-2)23(28-5)18(16)13-24-10-9-14-11-20(26-3)21(27-4)12-17(14)22(15)24/h7-8,11-13H,6,9-10H2,1-5H3/q+1. The van der Waals surface area contributed by atoms with Crippen molar-refractivity contribution in [3.8, 4) is 34.3 Å². The first-order valence-corrected chi connectivity index (χ1v) is 9.52. The zero-order valence-electron chi connectivity index (χ0n) is 17.1. The van der Waals surface area contributed by atoms with Gasteiger partial charge in [0.25, 0.3) is 0 Å². The van der Waals surface area contributed by atoms with E-state index in [1.165, 1.54) is 27.8 Å². The molecule has 0 atom stereocenters. The van der Waals surface area contributed by atoms with Crippen LogP contribution in [-0.4, -0.2) is 28.4 Å². The van der Waals surface area contributed by atoms with Crippen LogP contribution < -0.4 is 23.5 Å². The van der Waals surface area contributed by atoms with Gasteiger partial charge in [0.15, 0.2) is 35.7 Å². The van der Waals surface area contributed by atoms with Crippen molar-refractivity contribution in [3.05, 3.63) is 41.6 Å². The van der Waals surface area contributed by atoms with Crippen molar-refractivity contribution >= 4 is 10.8 Å². The molecular formula is C23H26NO4+. The summed E-state index contributed by atoms with van der Waals surface area (Å²) in [6, 6.07) is 8.32. The van der Waals surface area contributed by atoms with E-state index in [0.717, 1.165) is 47.8 Å². The van der Waals surface area contributed by atoms with Crippen molar-refractivity contribution in [1.82, 2.24) is 0 Å². The highest BCUT2D eigenvalue weighted by Gasteiger charge is 2.30. The number of methoxy groups -OCH3 is 4. The van der Waals surface area contributed by atoms with Gasteiger partial charge >= 0.3 is 0 Å². The highest BCUT2D eigenvalue weighted by Crippen LogP contribution is 2.42. The summed E-state index contributed by atoms with van der Waals surface area (Å²) >= 11 is 0. The molecule has 0 radical (unpaired) electrons. The van der Waals surface area contributed by atoms with Crippen LogP contribution in [0.5, 0.6) is 23.0 Å². The van der Waals surface area contributed by atoms with Crippen LogP contribution in [0.4, 0.5) is 0 Å². The molecule has 2 aromatic carbocycles. The SMILES string of the molecule is CCc1c2[n+](cc3c(OC)c(OC)ccc13)CCc1cc(OC)c(OC)cc1-2. The first-order chi connectivity index (χ1) is 13.7. The van der Waals surface area contributed by atoms with Crippen LogP contribution in [0, 0.1) is 0 Å². The average molecular weight is 380 g/mol. The second-order valence-corrected chi connectivity index (χ2v) is 6.88. The molecule has 1 aromatic heterocycles. The molecule has 0 saturated carbocycles. The third-order valence-electron chi connectivity index (χ3n) is 5.61. The van der Waals surface area contributed by atoms with Crippen LogP contribution in [0.2, 0.25) is 0 Å². The van der Waals surface area contributed by atoms with E-state index in [1.807, 2.05) is 6.07 Å². The molecule has 28 heavy (non-hydrogen) atoms. The van der Waals surface area contributed by atoms with Crippen molar-refractivity contribution in [2.45, 2.75) is 26.3 Å². The average Bonchev–Trinajstić information content (AvgIpc) is 2.75. The summed E-state index contributed by atoms with van der Waals surface area (Å²) in [4.78, 5) is 0. The van der Waals surface area contributed by atoms with Gasteiger partial charge in [-0.1, -0.05) is 6.92 Å². The van der Waals surface area contributed by atoms with Crippen LogP contribution in [0.1, 0.15) is 18.1 Å². The Bertz CT molecular complexity index is 1060. The highest BCUT2D eigenvalue weighted by molar-refractivity contribution is 5.95. The van der Waals surface area contributed by atoms with E-state index >= 15 is 0 Å². The van der Waals surface area contributed by atoms with Crippen LogP contribution in [0.25, 0.3) is 22.0 Å². The van der Waals surface area contributed by atoms with Gasteiger partial charge in [0.2, 0.25) is 5.69 Å². The van der Waals surface area contributed by atoms with E-state index in [0.29, 0.717) is 0 Å². The van der Waals surface area contributed by atoms with Crippen LogP contribution >= 0.6 is 0 Å². The fraction of sp³-hybridized carbons (Fsp3) is 0.348. The number of aromatic nitrogens is 1. The third-order valence-corrected chi connectivity index (χ3v) is 5.61. The summed E-state index contributed by atoms with van der Waals surface area (Å²) in [5.74, 6) is 3.06. The highest BCUT2D eigenvalue weighted by atomic mass is 16.5. The monoisotopic (exact) mass is 380 g/mol. The van der Waals surface area contributed by atoms with Gasteiger partial charge in [-0.3, -0.25) is 0 Å². The zero-order chi connectivity index (χ0) is 19.8. The molecule has 3 aromatic rings. The van der Waals surface area contributed by atoms with Gasteiger partial charge in [-0.2, -0.15) is 4.57 Å². The predicted octanol–water partition coefficient (Wildman–Crippen LogP) is 3.95. The lowest BCUT2D eigenvalue weighted by Gasteiger charge is -2.21. The normalized spacial score (nSPS) is 12.3. The molecule has 0 spiro atoms. The number of ether oxygens (including phenoxy) is 4. The van der Waals surface area contributed by atoms with E-state index in [-0.39, 0.29) is 0 Å². The number of hydrogen-bond donors (Lipinski definition) is 0. The Hall–Kier alpha value is -2.95. The molecule has 5 nitrogen and oxygen atoms in total. The Labute approximate surface area is 165 Å². The molecule has 4 rings (SSSR count). The van der Waals surface area contributed by atoms with Crippen LogP contribution in [0.15, 0.2) is 30.5 Å². The number of pyridine rings is 1. The second-order valence-electron chi connectivity index (χ2n) is 6.88. The summed E-state index contributed by atoms with van der Waals surface area (Å²) in [6.07, 6.45) is 4.04. The minimum Gasteiger partial charge on any atom is -0.493 e. The second kappa shape index (κ2) is 7.23. The van der Waals surface area contributed by atoms with Crippen LogP contribution in [0.3, 0.4) is 0 Å². The molecule has 0 unspecified atom stereocenters. The molecule has 1 aliphatic rings. The Morgan fingerprint density at radius 2 is 1.57 bits per heavy atom. The molecule has 0 saturated heterocycles. The summed E-state index contributed by atoms with van der Waals surface area (Å²) in [7, 11) is 6.73. The van der Waals surface area contributed by atoms with Crippen molar-refractivity contribution in [2.24, 2.45) is 0 Å². The maximum absolute atomic E-state index is 5.70. The van der Waals surface area contributed by atoms with E-state index in [9.17, 15) is 0 Å². The minimum absolute atomic E-state index is 0.750. The molecule has 1 aliphatic heterocycles. The van der Waals surface area contributed by atoms with Gasteiger partial charge in [0, 0.05) is 17.4 Å². The molecule has 2 heterocycles. The Balaban J connectivity index is 2.06. The number of fused-ring (bicyclic) bond motifs is 4. The first-order valence-electron chi connectivity index (χ1n) is 9.52. The molecule has 0 fully saturated rings. The minimum atomic E-state index is 0.750. The molecule has 0 aliphatic carbocycles.